The standard InChI is InChI=1S/C32H27F3N4O2/c1-4-7-23-29(21-11-13-22(14-12-21)32(33,34)35)24(19-36)31-38-25-8-5-6-9-26(25)39(31)30(23)37-17-16-20-10-15-27(40-2)28(18-20)41-3/h4-6,8-15,18,37H,1,7,16-17H2,2-3H3. The molecule has 9 heteroatoms. The quantitative estimate of drug-likeness (QED) is 0.191. The number of fused-ring (bicyclic) bond motifs is 3. The number of aromatic nitrogens is 2. The van der Waals surface area contributed by atoms with Gasteiger partial charge in [-0.25, -0.2) is 4.98 Å². The highest BCUT2D eigenvalue weighted by Crippen LogP contribution is 2.39. The van der Waals surface area contributed by atoms with Crippen molar-refractivity contribution in [3.05, 3.63) is 102 Å². The number of hydrogen-bond donors (Lipinski definition) is 1. The number of benzene rings is 3. The number of alkyl halides is 3. The van der Waals surface area contributed by atoms with Gasteiger partial charge in [0.25, 0.3) is 0 Å². The molecule has 5 rings (SSSR count). The molecule has 2 heterocycles. The summed E-state index contributed by atoms with van der Waals surface area (Å²) in [6, 6.07) is 20.4. The van der Waals surface area contributed by atoms with Crippen molar-refractivity contribution in [2.45, 2.75) is 19.0 Å². The molecule has 1 N–H and O–H groups in total. The highest BCUT2D eigenvalue weighted by atomic mass is 19.4. The Hall–Kier alpha value is -4.97. The van der Waals surface area contributed by atoms with E-state index in [9.17, 15) is 18.4 Å². The number of para-hydroxylation sites is 2. The first-order valence-corrected chi connectivity index (χ1v) is 12.9. The fraction of sp³-hybridized carbons (Fsp3) is 0.188. The predicted octanol–water partition coefficient (Wildman–Crippen LogP) is 7.45. The zero-order valence-corrected chi connectivity index (χ0v) is 22.5. The monoisotopic (exact) mass is 556 g/mol. The van der Waals surface area contributed by atoms with Gasteiger partial charge in [0.1, 0.15) is 17.5 Å². The van der Waals surface area contributed by atoms with Crippen LogP contribution in [0.1, 0.15) is 22.3 Å². The summed E-state index contributed by atoms with van der Waals surface area (Å²) >= 11 is 0. The lowest BCUT2D eigenvalue weighted by Gasteiger charge is -2.20. The van der Waals surface area contributed by atoms with E-state index in [1.165, 1.54) is 12.1 Å². The number of hydrogen-bond acceptors (Lipinski definition) is 5. The number of nitriles is 1. The highest BCUT2D eigenvalue weighted by molar-refractivity contribution is 5.92. The van der Waals surface area contributed by atoms with E-state index in [4.69, 9.17) is 14.5 Å². The summed E-state index contributed by atoms with van der Waals surface area (Å²) in [4.78, 5) is 4.76. The Morgan fingerprint density at radius 1 is 1.02 bits per heavy atom. The second-order valence-corrected chi connectivity index (χ2v) is 9.38. The molecule has 0 radical (unpaired) electrons. The van der Waals surface area contributed by atoms with Crippen molar-refractivity contribution in [3.63, 3.8) is 0 Å². The number of rotatable bonds is 9. The van der Waals surface area contributed by atoms with E-state index in [0.717, 1.165) is 28.8 Å². The summed E-state index contributed by atoms with van der Waals surface area (Å²) < 4.78 is 52.7. The van der Waals surface area contributed by atoms with Gasteiger partial charge in [0, 0.05) is 17.7 Å². The Labute approximate surface area is 235 Å². The van der Waals surface area contributed by atoms with Crippen LogP contribution in [0.2, 0.25) is 0 Å². The number of halogens is 3. The second-order valence-electron chi connectivity index (χ2n) is 9.38. The van der Waals surface area contributed by atoms with E-state index in [1.54, 1.807) is 20.3 Å². The van der Waals surface area contributed by atoms with Crippen molar-refractivity contribution >= 4 is 22.5 Å². The van der Waals surface area contributed by atoms with Gasteiger partial charge in [-0.05, 0) is 60.4 Å². The number of anilines is 1. The smallest absolute Gasteiger partial charge is 0.416 e. The number of nitrogens with one attached hydrogen (secondary N) is 1. The van der Waals surface area contributed by atoms with Crippen LogP contribution < -0.4 is 14.8 Å². The average molecular weight is 557 g/mol. The van der Waals surface area contributed by atoms with Gasteiger partial charge in [-0.1, -0.05) is 36.4 Å². The number of imidazole rings is 1. The molecule has 0 atom stereocenters. The fourth-order valence-corrected chi connectivity index (χ4v) is 5.08. The fourth-order valence-electron chi connectivity index (χ4n) is 5.08. The molecule has 208 valence electrons. The molecular weight excluding hydrogens is 529 g/mol. The normalized spacial score (nSPS) is 11.4. The number of methoxy groups -OCH3 is 2. The van der Waals surface area contributed by atoms with Gasteiger partial charge >= 0.3 is 6.18 Å². The molecule has 3 aromatic carbocycles. The van der Waals surface area contributed by atoms with Crippen LogP contribution in [0.3, 0.4) is 0 Å². The van der Waals surface area contributed by atoms with Crippen LogP contribution >= 0.6 is 0 Å². The van der Waals surface area contributed by atoms with Crippen molar-refractivity contribution in [1.29, 1.82) is 5.26 Å². The molecule has 0 aliphatic carbocycles. The summed E-state index contributed by atoms with van der Waals surface area (Å²) in [5.74, 6) is 1.96. The van der Waals surface area contributed by atoms with Crippen molar-refractivity contribution < 1.29 is 22.6 Å². The first-order valence-electron chi connectivity index (χ1n) is 12.9. The minimum absolute atomic E-state index is 0.281. The molecule has 6 nitrogen and oxygen atoms in total. The van der Waals surface area contributed by atoms with Crippen LogP contribution in [0.25, 0.3) is 27.8 Å². The number of allylic oxidation sites excluding steroid dienone is 1. The zero-order valence-electron chi connectivity index (χ0n) is 22.5. The zero-order chi connectivity index (χ0) is 29.1. The van der Waals surface area contributed by atoms with Gasteiger partial charge in [-0.2, -0.15) is 18.4 Å². The second kappa shape index (κ2) is 11.3. The Balaban J connectivity index is 1.68. The van der Waals surface area contributed by atoms with Gasteiger partial charge in [-0.3, -0.25) is 4.40 Å². The lowest BCUT2D eigenvalue weighted by Crippen LogP contribution is -2.13. The largest absolute Gasteiger partial charge is 0.493 e. The SMILES string of the molecule is C=CCc1c(-c2ccc(C(F)(F)F)cc2)c(C#N)c2nc3ccccc3n2c1NCCc1ccc(OC)c(OC)c1. The van der Waals surface area contributed by atoms with Gasteiger partial charge < -0.3 is 14.8 Å². The van der Waals surface area contributed by atoms with E-state index >= 15 is 0 Å². The van der Waals surface area contributed by atoms with Crippen molar-refractivity contribution in [3.8, 4) is 28.7 Å². The maximum Gasteiger partial charge on any atom is 0.416 e. The maximum absolute atomic E-state index is 13.3. The third kappa shape index (κ3) is 5.16. The topological polar surface area (TPSA) is 71.6 Å². The van der Waals surface area contributed by atoms with E-state index in [-0.39, 0.29) is 5.56 Å². The summed E-state index contributed by atoms with van der Waals surface area (Å²) in [6.45, 7) is 4.43. The lowest BCUT2D eigenvalue weighted by molar-refractivity contribution is -0.137. The van der Waals surface area contributed by atoms with E-state index in [1.807, 2.05) is 46.9 Å². The Morgan fingerprint density at radius 2 is 1.76 bits per heavy atom. The van der Waals surface area contributed by atoms with Crippen molar-refractivity contribution in [2.75, 3.05) is 26.1 Å². The predicted molar refractivity (Wildman–Crippen MR) is 153 cm³/mol. The Bertz CT molecular complexity index is 1780. The summed E-state index contributed by atoms with van der Waals surface area (Å²) in [5, 5.41) is 13.9. The van der Waals surface area contributed by atoms with E-state index < -0.39 is 11.7 Å². The maximum atomic E-state index is 13.3. The minimum atomic E-state index is -4.47. The minimum Gasteiger partial charge on any atom is -0.493 e. The van der Waals surface area contributed by atoms with Gasteiger partial charge in [0.05, 0.1) is 30.8 Å². The van der Waals surface area contributed by atoms with Crippen LogP contribution in [0.15, 0.2) is 79.4 Å². The van der Waals surface area contributed by atoms with Crippen LogP contribution in [-0.2, 0) is 19.0 Å². The summed E-state index contributed by atoms with van der Waals surface area (Å²) in [7, 11) is 3.17. The van der Waals surface area contributed by atoms with Crippen LogP contribution in [0, 0.1) is 11.3 Å². The molecule has 2 aromatic heterocycles. The highest BCUT2D eigenvalue weighted by Gasteiger charge is 2.30. The number of ether oxygens (including phenoxy) is 2. The molecule has 0 bridgehead atoms. The van der Waals surface area contributed by atoms with Crippen molar-refractivity contribution in [2.24, 2.45) is 0 Å². The molecule has 5 aromatic rings. The molecule has 0 aliphatic rings. The summed E-state index contributed by atoms with van der Waals surface area (Å²) in [6.07, 6.45) is -1.75. The molecule has 0 spiro atoms. The van der Waals surface area contributed by atoms with Crippen molar-refractivity contribution in [1.82, 2.24) is 9.38 Å². The van der Waals surface area contributed by atoms with Gasteiger partial charge in [0.15, 0.2) is 17.1 Å². The third-order valence-corrected chi connectivity index (χ3v) is 6.96. The first kappa shape index (κ1) is 27.6. The first-order chi connectivity index (χ1) is 19.8. The molecule has 0 saturated heterocycles. The van der Waals surface area contributed by atoms with Crippen LogP contribution in [0.4, 0.5) is 19.0 Å². The van der Waals surface area contributed by atoms with Crippen LogP contribution in [-0.4, -0.2) is 30.1 Å². The van der Waals surface area contributed by atoms with Gasteiger partial charge in [0.2, 0.25) is 0 Å². The number of nitrogens with zero attached hydrogens (tertiary/aromatic N) is 3. The van der Waals surface area contributed by atoms with Gasteiger partial charge in [-0.15, -0.1) is 6.58 Å². The lowest BCUT2D eigenvalue weighted by atomic mass is 9.93. The third-order valence-electron chi connectivity index (χ3n) is 6.96. The Morgan fingerprint density at radius 3 is 2.41 bits per heavy atom. The molecule has 0 amide bonds. The van der Waals surface area contributed by atoms with E-state index in [2.05, 4.69) is 18.0 Å². The molecule has 0 saturated carbocycles. The Kier molecular flexibility index (Phi) is 7.58. The molecule has 0 unspecified atom stereocenters. The molecule has 0 fully saturated rings. The average Bonchev–Trinajstić information content (AvgIpc) is 3.36. The molecule has 41 heavy (non-hydrogen) atoms. The van der Waals surface area contributed by atoms with Crippen LogP contribution in [0.5, 0.6) is 11.5 Å². The number of pyridine rings is 1. The van der Waals surface area contributed by atoms with E-state index in [0.29, 0.717) is 59.0 Å². The molecular formula is C32H27F3N4O2. The summed E-state index contributed by atoms with van der Waals surface area (Å²) in [5.41, 5.74) is 4.21. The molecule has 0 aliphatic heterocycles.